The molecular weight excluding hydrogens is 515 g/mol. The summed E-state index contributed by atoms with van der Waals surface area (Å²) in [6, 6.07) is 15.5. The van der Waals surface area contributed by atoms with Gasteiger partial charge >= 0.3 is 6.09 Å². The van der Waals surface area contributed by atoms with Gasteiger partial charge in [0.25, 0.3) is 5.91 Å². The summed E-state index contributed by atoms with van der Waals surface area (Å²) in [6.45, 7) is 5.33. The van der Waals surface area contributed by atoms with Crippen LogP contribution in [0.1, 0.15) is 54.8 Å². The number of anilines is 1. The van der Waals surface area contributed by atoms with Gasteiger partial charge in [-0.3, -0.25) is 15.1 Å². The molecule has 35 heavy (non-hydrogen) atoms. The van der Waals surface area contributed by atoms with Crippen molar-refractivity contribution < 1.29 is 18.7 Å². The average Bonchev–Trinajstić information content (AvgIpc) is 2.78. The quantitative estimate of drug-likeness (QED) is 0.307. The standard InChI is InChI=1S/C26H26BrFN4O3/c1-26(2,3)35-25(34)31-18-10-7-16(8-11-18)21(29)15-23(22-6-4-5-13-30-22)32-24(33)19-12-9-17(27)14-20(19)28/h4-14,23,29H,15H2,1-3H3,(H,31,34)(H,32,33). The number of carbonyl (C=O) groups excluding carboxylic acids is 2. The molecule has 0 bridgehead atoms. The molecule has 0 aliphatic rings. The van der Waals surface area contributed by atoms with E-state index < -0.39 is 29.5 Å². The van der Waals surface area contributed by atoms with Gasteiger partial charge in [-0.25, -0.2) is 9.18 Å². The van der Waals surface area contributed by atoms with Gasteiger partial charge in [-0.05, 0) is 68.8 Å². The molecular formula is C26H26BrFN4O3. The summed E-state index contributed by atoms with van der Waals surface area (Å²) < 4.78 is 20.1. The van der Waals surface area contributed by atoms with E-state index >= 15 is 0 Å². The highest BCUT2D eigenvalue weighted by molar-refractivity contribution is 9.10. The molecule has 0 saturated carbocycles. The van der Waals surface area contributed by atoms with Gasteiger partial charge in [-0.15, -0.1) is 0 Å². The molecule has 0 aliphatic carbocycles. The maximum absolute atomic E-state index is 14.3. The molecule has 7 nitrogen and oxygen atoms in total. The molecule has 3 aromatic rings. The molecule has 0 saturated heterocycles. The van der Waals surface area contributed by atoms with Gasteiger partial charge in [-0.1, -0.05) is 34.1 Å². The lowest BCUT2D eigenvalue weighted by atomic mass is 9.99. The summed E-state index contributed by atoms with van der Waals surface area (Å²) >= 11 is 3.18. The second kappa shape index (κ2) is 11.2. The number of ether oxygens (including phenoxy) is 1. The van der Waals surface area contributed by atoms with Crippen LogP contribution in [-0.4, -0.2) is 28.3 Å². The lowest BCUT2D eigenvalue weighted by Gasteiger charge is -2.20. The molecule has 3 rings (SSSR count). The van der Waals surface area contributed by atoms with Gasteiger partial charge in [0, 0.05) is 28.5 Å². The van der Waals surface area contributed by atoms with Gasteiger partial charge in [0.2, 0.25) is 0 Å². The number of benzene rings is 2. The molecule has 3 N–H and O–H groups in total. The normalized spacial score (nSPS) is 11.9. The maximum Gasteiger partial charge on any atom is 0.412 e. The Bertz CT molecular complexity index is 1210. The van der Waals surface area contributed by atoms with E-state index in [9.17, 15) is 14.0 Å². The van der Waals surface area contributed by atoms with Crippen molar-refractivity contribution in [2.45, 2.75) is 38.8 Å². The molecule has 0 fully saturated rings. The van der Waals surface area contributed by atoms with E-state index in [0.29, 0.717) is 21.4 Å². The highest BCUT2D eigenvalue weighted by Gasteiger charge is 2.22. The smallest absolute Gasteiger partial charge is 0.412 e. The zero-order valence-electron chi connectivity index (χ0n) is 19.6. The van der Waals surface area contributed by atoms with Crippen molar-refractivity contribution >= 4 is 39.3 Å². The fourth-order valence-electron chi connectivity index (χ4n) is 3.22. The minimum atomic E-state index is -0.654. The number of nitrogens with zero attached hydrogens (tertiary/aromatic N) is 1. The molecule has 1 atom stereocenters. The molecule has 0 spiro atoms. The Kier molecular flexibility index (Phi) is 8.34. The maximum atomic E-state index is 14.3. The number of halogens is 2. The molecule has 0 aliphatic heterocycles. The van der Waals surface area contributed by atoms with Crippen molar-refractivity contribution in [1.82, 2.24) is 10.3 Å². The Morgan fingerprint density at radius 1 is 1.11 bits per heavy atom. The van der Waals surface area contributed by atoms with Crippen molar-refractivity contribution in [3.63, 3.8) is 0 Å². The van der Waals surface area contributed by atoms with Gasteiger partial charge < -0.3 is 15.5 Å². The third-order valence-electron chi connectivity index (χ3n) is 4.81. The topological polar surface area (TPSA) is 104 Å². The third kappa shape index (κ3) is 7.71. The van der Waals surface area contributed by atoms with Crippen LogP contribution < -0.4 is 10.6 Å². The predicted molar refractivity (Wildman–Crippen MR) is 136 cm³/mol. The molecule has 2 aromatic carbocycles. The van der Waals surface area contributed by atoms with Gasteiger partial charge in [-0.2, -0.15) is 0 Å². The van der Waals surface area contributed by atoms with Crippen LogP contribution in [-0.2, 0) is 4.74 Å². The van der Waals surface area contributed by atoms with Crippen molar-refractivity contribution in [1.29, 1.82) is 5.41 Å². The van der Waals surface area contributed by atoms with Crippen LogP contribution in [0.3, 0.4) is 0 Å². The van der Waals surface area contributed by atoms with E-state index in [1.807, 2.05) is 0 Å². The van der Waals surface area contributed by atoms with Gasteiger partial charge in [0.1, 0.15) is 11.4 Å². The summed E-state index contributed by atoms with van der Waals surface area (Å²) in [5.74, 6) is -1.25. The predicted octanol–water partition coefficient (Wildman–Crippen LogP) is 6.26. The summed E-state index contributed by atoms with van der Waals surface area (Å²) in [5, 5.41) is 14.0. The second-order valence-corrected chi connectivity index (χ2v) is 9.71. The van der Waals surface area contributed by atoms with Crippen LogP contribution in [0.4, 0.5) is 14.9 Å². The van der Waals surface area contributed by atoms with Crippen LogP contribution in [0.5, 0.6) is 0 Å². The second-order valence-electron chi connectivity index (χ2n) is 8.79. The largest absolute Gasteiger partial charge is 0.444 e. The fraction of sp³-hybridized carbons (Fsp3) is 0.231. The van der Waals surface area contributed by atoms with E-state index in [1.54, 1.807) is 75.5 Å². The molecule has 1 heterocycles. The summed E-state index contributed by atoms with van der Waals surface area (Å²) in [7, 11) is 0. The van der Waals surface area contributed by atoms with Crippen molar-refractivity contribution in [2.24, 2.45) is 0 Å². The lowest BCUT2D eigenvalue weighted by molar-refractivity contribution is 0.0635. The Labute approximate surface area is 211 Å². The average molecular weight is 541 g/mol. The van der Waals surface area contributed by atoms with E-state index in [1.165, 1.54) is 12.1 Å². The Hall–Kier alpha value is -3.59. The zero-order valence-corrected chi connectivity index (χ0v) is 21.1. The molecule has 9 heteroatoms. The molecule has 182 valence electrons. The van der Waals surface area contributed by atoms with Crippen LogP contribution in [0.25, 0.3) is 0 Å². The molecule has 0 radical (unpaired) electrons. The van der Waals surface area contributed by atoms with Crippen LogP contribution in [0.15, 0.2) is 71.3 Å². The van der Waals surface area contributed by atoms with Gasteiger partial charge in [0.15, 0.2) is 0 Å². The van der Waals surface area contributed by atoms with E-state index in [0.717, 1.165) is 0 Å². The summed E-state index contributed by atoms with van der Waals surface area (Å²) in [6.07, 6.45) is 1.15. The van der Waals surface area contributed by atoms with Crippen molar-refractivity contribution in [3.8, 4) is 0 Å². The number of aromatic nitrogens is 1. The number of hydrogen-bond acceptors (Lipinski definition) is 5. The number of pyridine rings is 1. The van der Waals surface area contributed by atoms with Crippen molar-refractivity contribution in [2.75, 3.05) is 5.32 Å². The Morgan fingerprint density at radius 3 is 2.43 bits per heavy atom. The zero-order chi connectivity index (χ0) is 25.6. The van der Waals surface area contributed by atoms with Crippen LogP contribution >= 0.6 is 15.9 Å². The number of amides is 2. The molecule has 1 unspecified atom stereocenters. The number of hydrogen-bond donors (Lipinski definition) is 3. The first kappa shape index (κ1) is 26.0. The molecule has 1 aromatic heterocycles. The number of nitrogens with one attached hydrogen (secondary N) is 3. The third-order valence-corrected chi connectivity index (χ3v) is 5.31. The minimum absolute atomic E-state index is 0.0989. The summed E-state index contributed by atoms with van der Waals surface area (Å²) in [4.78, 5) is 29.1. The highest BCUT2D eigenvalue weighted by Crippen LogP contribution is 2.21. The summed E-state index contributed by atoms with van der Waals surface area (Å²) in [5.41, 5.74) is 1.20. The first-order valence-corrected chi connectivity index (χ1v) is 11.7. The Balaban J connectivity index is 1.73. The minimum Gasteiger partial charge on any atom is -0.444 e. The highest BCUT2D eigenvalue weighted by atomic mass is 79.9. The van der Waals surface area contributed by atoms with E-state index in [-0.39, 0.29) is 17.7 Å². The SMILES string of the molecule is CC(C)(C)OC(=O)Nc1ccc(C(=N)CC(NC(=O)c2ccc(Br)cc2F)c2ccccn2)cc1. The molecule has 2 amide bonds. The van der Waals surface area contributed by atoms with E-state index in [4.69, 9.17) is 10.1 Å². The van der Waals surface area contributed by atoms with Crippen LogP contribution in [0, 0.1) is 11.2 Å². The Morgan fingerprint density at radius 2 is 1.83 bits per heavy atom. The fourth-order valence-corrected chi connectivity index (χ4v) is 3.55. The number of rotatable bonds is 7. The van der Waals surface area contributed by atoms with Gasteiger partial charge in [0.05, 0.1) is 17.3 Å². The number of carbonyl (C=O) groups is 2. The van der Waals surface area contributed by atoms with Crippen molar-refractivity contribution in [3.05, 3.63) is 94.0 Å². The van der Waals surface area contributed by atoms with Crippen LogP contribution in [0.2, 0.25) is 0 Å². The monoisotopic (exact) mass is 540 g/mol. The van der Waals surface area contributed by atoms with E-state index in [2.05, 4.69) is 31.5 Å². The first-order valence-electron chi connectivity index (χ1n) is 10.9. The first-order chi connectivity index (χ1) is 16.5. The lowest BCUT2D eigenvalue weighted by Crippen LogP contribution is -2.31.